The second-order valence-corrected chi connectivity index (χ2v) is 11.1. The van der Waals surface area contributed by atoms with Gasteiger partial charge in [-0.1, -0.05) is 116 Å². The van der Waals surface area contributed by atoms with Gasteiger partial charge in [-0.3, -0.25) is 9.59 Å². The third-order valence-electron chi connectivity index (χ3n) is 6.80. The van der Waals surface area contributed by atoms with Crippen molar-refractivity contribution in [2.45, 2.75) is 45.7 Å². The molecule has 0 saturated heterocycles. The molecule has 0 bridgehead atoms. The average Bonchev–Trinajstić information content (AvgIpc) is 2.93. The Bertz CT molecular complexity index is 1420. The van der Waals surface area contributed by atoms with Gasteiger partial charge >= 0.3 is 0 Å². The number of hydrogen-bond donors (Lipinski definition) is 1. The van der Waals surface area contributed by atoms with E-state index in [9.17, 15) is 9.59 Å². The Hall–Kier alpha value is -3.34. The summed E-state index contributed by atoms with van der Waals surface area (Å²) in [5.74, 6) is 0.0123. The van der Waals surface area contributed by atoms with Gasteiger partial charge < -0.3 is 10.2 Å². The van der Waals surface area contributed by atoms with Crippen LogP contribution in [0.25, 0.3) is 10.8 Å². The van der Waals surface area contributed by atoms with E-state index in [1.165, 1.54) is 0 Å². The van der Waals surface area contributed by atoms with Gasteiger partial charge in [0.1, 0.15) is 6.04 Å². The first-order valence-corrected chi connectivity index (χ1v) is 14.1. The van der Waals surface area contributed by atoms with Crippen LogP contribution in [0.15, 0.2) is 91.0 Å². The Balaban J connectivity index is 1.66. The van der Waals surface area contributed by atoms with Crippen molar-refractivity contribution in [1.29, 1.82) is 0 Å². The number of nitrogens with zero attached hydrogens (tertiary/aromatic N) is 1. The SMILES string of the molecule is CC(C)CNC(=O)[C@@H](Cc1ccccc1)N(Cc1ccc(Cl)cc1Cl)C(=O)CCc1cccc2ccccc12. The van der Waals surface area contributed by atoms with Crippen LogP contribution in [-0.4, -0.2) is 29.3 Å². The van der Waals surface area contributed by atoms with Crippen LogP contribution in [0.5, 0.6) is 0 Å². The van der Waals surface area contributed by atoms with Gasteiger partial charge in [-0.05, 0) is 51.9 Å². The van der Waals surface area contributed by atoms with Crippen molar-refractivity contribution in [2.24, 2.45) is 5.92 Å². The number of amides is 2. The predicted molar refractivity (Wildman–Crippen MR) is 161 cm³/mol. The smallest absolute Gasteiger partial charge is 0.243 e. The number of hydrogen-bond acceptors (Lipinski definition) is 2. The van der Waals surface area contributed by atoms with Crippen molar-refractivity contribution in [1.82, 2.24) is 10.2 Å². The molecule has 202 valence electrons. The highest BCUT2D eigenvalue weighted by Gasteiger charge is 2.30. The molecule has 4 aromatic carbocycles. The first-order chi connectivity index (χ1) is 18.8. The number of carbonyl (C=O) groups is 2. The fourth-order valence-corrected chi connectivity index (χ4v) is 5.17. The number of carbonyl (C=O) groups excluding carboxylic acids is 2. The van der Waals surface area contributed by atoms with Crippen molar-refractivity contribution in [3.63, 3.8) is 0 Å². The number of nitrogens with one attached hydrogen (secondary N) is 1. The predicted octanol–water partition coefficient (Wildman–Crippen LogP) is 7.49. The molecule has 4 rings (SSSR count). The number of rotatable bonds is 11. The second-order valence-electron chi connectivity index (χ2n) is 10.2. The van der Waals surface area contributed by atoms with Crippen molar-refractivity contribution >= 4 is 45.8 Å². The van der Waals surface area contributed by atoms with Crippen molar-refractivity contribution in [3.8, 4) is 0 Å². The molecule has 0 fully saturated rings. The molecule has 4 aromatic rings. The van der Waals surface area contributed by atoms with Crippen molar-refractivity contribution in [2.75, 3.05) is 6.54 Å². The van der Waals surface area contributed by atoms with Gasteiger partial charge in [-0.25, -0.2) is 0 Å². The van der Waals surface area contributed by atoms with Gasteiger partial charge in [0.15, 0.2) is 0 Å². The largest absolute Gasteiger partial charge is 0.354 e. The molecule has 0 heterocycles. The van der Waals surface area contributed by atoms with Gasteiger partial charge in [0, 0.05) is 36.0 Å². The van der Waals surface area contributed by atoms with Crippen LogP contribution >= 0.6 is 23.2 Å². The lowest BCUT2D eigenvalue weighted by Gasteiger charge is -2.32. The van der Waals surface area contributed by atoms with E-state index in [2.05, 4.69) is 29.6 Å². The second kappa shape index (κ2) is 13.6. The third-order valence-corrected chi connectivity index (χ3v) is 7.39. The van der Waals surface area contributed by atoms with Gasteiger partial charge in [0.2, 0.25) is 11.8 Å². The Labute approximate surface area is 240 Å². The van der Waals surface area contributed by atoms with Crippen LogP contribution < -0.4 is 5.32 Å². The molecule has 0 unspecified atom stereocenters. The van der Waals surface area contributed by atoms with Crippen molar-refractivity contribution in [3.05, 3.63) is 118 Å². The summed E-state index contributed by atoms with van der Waals surface area (Å²) in [5.41, 5.74) is 2.83. The minimum Gasteiger partial charge on any atom is -0.354 e. The van der Waals surface area contributed by atoms with E-state index in [0.29, 0.717) is 29.4 Å². The lowest BCUT2D eigenvalue weighted by atomic mass is 9.99. The summed E-state index contributed by atoms with van der Waals surface area (Å²) in [4.78, 5) is 29.3. The van der Waals surface area contributed by atoms with Crippen LogP contribution in [0.4, 0.5) is 0 Å². The fourth-order valence-electron chi connectivity index (χ4n) is 4.71. The van der Waals surface area contributed by atoms with Crippen LogP contribution in [0, 0.1) is 5.92 Å². The highest BCUT2D eigenvalue weighted by atomic mass is 35.5. The molecule has 0 aromatic heterocycles. The maximum atomic E-state index is 14.0. The Morgan fingerprint density at radius 2 is 1.56 bits per heavy atom. The highest BCUT2D eigenvalue weighted by Crippen LogP contribution is 2.25. The highest BCUT2D eigenvalue weighted by molar-refractivity contribution is 6.35. The van der Waals surface area contributed by atoms with Gasteiger partial charge in [-0.15, -0.1) is 0 Å². The number of benzene rings is 4. The maximum absolute atomic E-state index is 14.0. The molecule has 4 nitrogen and oxygen atoms in total. The van der Waals surface area contributed by atoms with Gasteiger partial charge in [0.05, 0.1) is 0 Å². The van der Waals surface area contributed by atoms with E-state index in [-0.39, 0.29) is 30.7 Å². The first kappa shape index (κ1) is 28.7. The molecular weight excluding hydrogens is 527 g/mol. The fraction of sp³-hybridized carbons (Fsp3) is 0.273. The summed E-state index contributed by atoms with van der Waals surface area (Å²) in [5, 5.41) is 6.32. The number of halogens is 2. The van der Waals surface area contributed by atoms with E-state index < -0.39 is 6.04 Å². The summed E-state index contributed by atoms with van der Waals surface area (Å²) >= 11 is 12.7. The Morgan fingerprint density at radius 3 is 2.31 bits per heavy atom. The molecule has 1 atom stereocenters. The monoisotopic (exact) mass is 560 g/mol. The maximum Gasteiger partial charge on any atom is 0.243 e. The average molecular weight is 562 g/mol. The lowest BCUT2D eigenvalue weighted by Crippen LogP contribution is -2.51. The minimum absolute atomic E-state index is 0.102. The number of aryl methyl sites for hydroxylation is 1. The zero-order valence-electron chi connectivity index (χ0n) is 22.4. The minimum atomic E-state index is -0.696. The summed E-state index contributed by atoms with van der Waals surface area (Å²) in [6, 6.07) is 28.7. The summed E-state index contributed by atoms with van der Waals surface area (Å²) in [6.07, 6.45) is 1.23. The molecule has 0 radical (unpaired) electrons. The lowest BCUT2D eigenvalue weighted by molar-refractivity contribution is -0.141. The quantitative estimate of drug-likeness (QED) is 0.206. The zero-order valence-corrected chi connectivity index (χ0v) is 23.9. The molecular formula is C33H34Cl2N2O2. The van der Waals surface area contributed by atoms with Crippen LogP contribution in [-0.2, 0) is 29.0 Å². The molecule has 0 aliphatic carbocycles. The molecule has 0 aliphatic heterocycles. The molecule has 0 aliphatic rings. The summed E-state index contributed by atoms with van der Waals surface area (Å²) in [6.45, 7) is 4.83. The van der Waals surface area contributed by atoms with E-state index in [1.54, 1.807) is 17.0 Å². The van der Waals surface area contributed by atoms with E-state index in [0.717, 1.165) is 27.5 Å². The van der Waals surface area contributed by atoms with Gasteiger partial charge in [0.25, 0.3) is 0 Å². The molecule has 1 N–H and O–H groups in total. The standard InChI is InChI=1S/C33H34Cl2N2O2/c1-23(2)21-36-33(39)31(19-24-9-4-3-5-10-24)37(22-27-15-17-28(34)20-30(27)35)32(38)18-16-26-13-8-12-25-11-6-7-14-29(25)26/h3-15,17,20,23,31H,16,18-19,21-22H2,1-2H3,(H,36,39)/t31-/m1/s1. The van der Waals surface area contributed by atoms with E-state index >= 15 is 0 Å². The molecule has 39 heavy (non-hydrogen) atoms. The van der Waals surface area contributed by atoms with Crippen LogP contribution in [0.2, 0.25) is 10.0 Å². The summed E-state index contributed by atoms with van der Waals surface area (Å²) in [7, 11) is 0. The Morgan fingerprint density at radius 1 is 0.846 bits per heavy atom. The molecule has 0 saturated carbocycles. The Kier molecular flexibility index (Phi) is 10.0. The van der Waals surface area contributed by atoms with Crippen LogP contribution in [0.1, 0.15) is 37.0 Å². The summed E-state index contributed by atoms with van der Waals surface area (Å²) < 4.78 is 0. The number of fused-ring (bicyclic) bond motifs is 1. The first-order valence-electron chi connectivity index (χ1n) is 13.3. The normalized spacial score (nSPS) is 11.9. The zero-order chi connectivity index (χ0) is 27.8. The third kappa shape index (κ3) is 7.84. The topological polar surface area (TPSA) is 49.4 Å². The molecule has 0 spiro atoms. The molecule has 6 heteroatoms. The molecule has 2 amide bonds. The van der Waals surface area contributed by atoms with Crippen molar-refractivity contribution < 1.29 is 9.59 Å². The van der Waals surface area contributed by atoms with Crippen LogP contribution in [0.3, 0.4) is 0 Å². The van der Waals surface area contributed by atoms with Gasteiger partial charge in [-0.2, -0.15) is 0 Å². The van der Waals surface area contributed by atoms with E-state index in [4.69, 9.17) is 23.2 Å². The van der Waals surface area contributed by atoms with E-state index in [1.807, 2.05) is 68.4 Å².